The zero-order valence-electron chi connectivity index (χ0n) is 12.4. The Kier molecular flexibility index (Phi) is 6.63. The van der Waals surface area contributed by atoms with Gasteiger partial charge in [-0.25, -0.2) is 13.1 Å². The number of hydrogen-bond acceptors (Lipinski definition) is 5. The molecule has 2 heterocycles. The summed E-state index contributed by atoms with van der Waals surface area (Å²) in [5, 5.41) is 3.28. The van der Waals surface area contributed by atoms with Crippen LogP contribution in [0, 0.1) is 5.92 Å². The quantitative estimate of drug-likeness (QED) is 0.714. The number of nitrogens with one attached hydrogen (secondary N) is 2. The van der Waals surface area contributed by atoms with E-state index in [4.69, 9.17) is 4.74 Å². The molecule has 1 saturated heterocycles. The van der Waals surface area contributed by atoms with Gasteiger partial charge in [0.1, 0.15) is 4.21 Å². The van der Waals surface area contributed by atoms with Gasteiger partial charge < -0.3 is 10.1 Å². The second kappa shape index (κ2) is 8.24. The maximum Gasteiger partial charge on any atom is 0.250 e. The van der Waals surface area contributed by atoms with Crippen molar-refractivity contribution >= 4 is 21.4 Å². The van der Waals surface area contributed by atoms with Crippen molar-refractivity contribution in [3.05, 3.63) is 17.0 Å². The summed E-state index contributed by atoms with van der Waals surface area (Å²) >= 11 is 1.33. The molecule has 1 aliphatic rings. The summed E-state index contributed by atoms with van der Waals surface area (Å²) in [5.41, 5.74) is 0. The zero-order valence-corrected chi connectivity index (χ0v) is 14.1. The molecule has 2 N–H and O–H groups in total. The first kappa shape index (κ1) is 16.9. The van der Waals surface area contributed by atoms with Gasteiger partial charge in [-0.05, 0) is 43.9 Å². The van der Waals surface area contributed by atoms with Crippen LogP contribution in [0.5, 0.6) is 0 Å². The van der Waals surface area contributed by atoms with Gasteiger partial charge >= 0.3 is 0 Å². The average Bonchev–Trinajstić information content (AvgIpc) is 2.96. The number of ether oxygens (including phenoxy) is 1. The third-order valence-corrected chi connectivity index (χ3v) is 6.45. The van der Waals surface area contributed by atoms with Crippen molar-refractivity contribution in [3.63, 3.8) is 0 Å². The lowest BCUT2D eigenvalue weighted by molar-refractivity contribution is 0.0568. The minimum absolute atomic E-state index is 0.291. The Labute approximate surface area is 131 Å². The van der Waals surface area contributed by atoms with Crippen LogP contribution in [-0.4, -0.2) is 34.7 Å². The normalized spacial score (nSPS) is 19.8. The van der Waals surface area contributed by atoms with Gasteiger partial charge in [-0.1, -0.05) is 6.92 Å². The van der Waals surface area contributed by atoms with Gasteiger partial charge in [-0.3, -0.25) is 0 Å². The fourth-order valence-electron chi connectivity index (χ4n) is 2.25. The van der Waals surface area contributed by atoms with E-state index in [0.717, 1.165) is 43.8 Å². The third kappa shape index (κ3) is 5.34. The zero-order chi connectivity index (χ0) is 15.1. The average molecular weight is 332 g/mol. The van der Waals surface area contributed by atoms with Gasteiger partial charge in [0.2, 0.25) is 10.0 Å². The molecular formula is C14H24N2O3S2. The molecule has 0 spiro atoms. The van der Waals surface area contributed by atoms with E-state index in [1.807, 2.05) is 6.07 Å². The van der Waals surface area contributed by atoms with Crippen molar-refractivity contribution in [2.75, 3.05) is 26.3 Å². The number of sulfonamides is 1. The molecule has 5 nitrogen and oxygen atoms in total. The standard InChI is InChI=1S/C14H24N2O3S2/c1-2-7-15-10-13-5-6-14(20-13)21(17,18)16-9-12-4-3-8-19-11-12/h5-6,12,15-16H,2-4,7-11H2,1H3. The lowest BCUT2D eigenvalue weighted by atomic mass is 10.0. The molecule has 0 aromatic carbocycles. The van der Waals surface area contributed by atoms with Gasteiger partial charge in [0.05, 0.1) is 6.61 Å². The highest BCUT2D eigenvalue weighted by atomic mass is 32.2. The van der Waals surface area contributed by atoms with E-state index in [9.17, 15) is 8.42 Å². The van der Waals surface area contributed by atoms with Gasteiger partial charge in [0, 0.05) is 24.6 Å². The Hall–Kier alpha value is -0.470. The van der Waals surface area contributed by atoms with E-state index < -0.39 is 10.0 Å². The van der Waals surface area contributed by atoms with Gasteiger partial charge in [0.15, 0.2) is 0 Å². The second-order valence-corrected chi connectivity index (χ2v) is 8.49. The van der Waals surface area contributed by atoms with Crippen molar-refractivity contribution in [1.82, 2.24) is 10.0 Å². The number of thiophene rings is 1. The van der Waals surface area contributed by atoms with Crippen LogP contribution in [0.15, 0.2) is 16.3 Å². The molecule has 0 bridgehead atoms. The maximum atomic E-state index is 12.3. The molecule has 1 aromatic heterocycles. The Balaban J connectivity index is 1.86. The van der Waals surface area contributed by atoms with Gasteiger partial charge in [-0.2, -0.15) is 0 Å². The molecule has 0 radical (unpaired) electrons. The summed E-state index contributed by atoms with van der Waals surface area (Å²) < 4.78 is 33.0. The van der Waals surface area contributed by atoms with Crippen molar-refractivity contribution in [1.29, 1.82) is 0 Å². The largest absolute Gasteiger partial charge is 0.381 e. The highest BCUT2D eigenvalue weighted by molar-refractivity contribution is 7.91. The Morgan fingerprint density at radius 3 is 3.00 bits per heavy atom. The highest BCUT2D eigenvalue weighted by Gasteiger charge is 2.20. The van der Waals surface area contributed by atoms with Crippen LogP contribution < -0.4 is 10.0 Å². The first-order chi connectivity index (χ1) is 10.1. The Morgan fingerprint density at radius 1 is 1.43 bits per heavy atom. The monoisotopic (exact) mass is 332 g/mol. The van der Waals surface area contributed by atoms with E-state index in [2.05, 4.69) is 17.0 Å². The fourth-order valence-corrected chi connectivity index (χ4v) is 4.74. The molecule has 0 amide bonds. The number of hydrogen-bond donors (Lipinski definition) is 2. The molecule has 21 heavy (non-hydrogen) atoms. The van der Waals surface area contributed by atoms with Crippen LogP contribution in [0.2, 0.25) is 0 Å². The van der Waals surface area contributed by atoms with Crippen LogP contribution >= 0.6 is 11.3 Å². The molecule has 1 fully saturated rings. The van der Waals surface area contributed by atoms with Crippen molar-refractivity contribution in [2.24, 2.45) is 5.92 Å². The van der Waals surface area contributed by atoms with Crippen LogP contribution in [0.3, 0.4) is 0 Å². The summed E-state index contributed by atoms with van der Waals surface area (Å²) in [5.74, 6) is 0.291. The molecule has 1 unspecified atom stereocenters. The summed E-state index contributed by atoms with van der Waals surface area (Å²) in [6, 6.07) is 3.57. The molecule has 1 atom stereocenters. The molecule has 7 heteroatoms. The van der Waals surface area contributed by atoms with Crippen LogP contribution in [0.4, 0.5) is 0 Å². The molecule has 120 valence electrons. The van der Waals surface area contributed by atoms with E-state index in [1.165, 1.54) is 11.3 Å². The Morgan fingerprint density at radius 2 is 2.29 bits per heavy atom. The molecular weight excluding hydrogens is 308 g/mol. The van der Waals surface area contributed by atoms with Crippen molar-refractivity contribution in [2.45, 2.75) is 36.9 Å². The summed E-state index contributed by atoms with van der Waals surface area (Å²) in [6.07, 6.45) is 3.11. The summed E-state index contributed by atoms with van der Waals surface area (Å²) in [6.45, 7) is 5.69. The van der Waals surface area contributed by atoms with E-state index in [1.54, 1.807) is 6.07 Å². The molecule has 0 aliphatic carbocycles. The first-order valence-corrected chi connectivity index (χ1v) is 9.78. The fraction of sp³-hybridized carbons (Fsp3) is 0.714. The van der Waals surface area contributed by atoms with Crippen LogP contribution in [0.25, 0.3) is 0 Å². The first-order valence-electron chi connectivity index (χ1n) is 7.48. The summed E-state index contributed by atoms with van der Waals surface area (Å²) in [7, 11) is -3.38. The van der Waals surface area contributed by atoms with Crippen molar-refractivity contribution < 1.29 is 13.2 Å². The molecule has 1 aliphatic heterocycles. The minimum atomic E-state index is -3.38. The van der Waals surface area contributed by atoms with Crippen LogP contribution in [-0.2, 0) is 21.3 Å². The minimum Gasteiger partial charge on any atom is -0.381 e. The highest BCUT2D eigenvalue weighted by Crippen LogP contribution is 2.22. The topological polar surface area (TPSA) is 67.4 Å². The smallest absolute Gasteiger partial charge is 0.250 e. The van der Waals surface area contributed by atoms with E-state index in [-0.39, 0.29) is 0 Å². The lowest BCUT2D eigenvalue weighted by Gasteiger charge is -2.21. The van der Waals surface area contributed by atoms with E-state index in [0.29, 0.717) is 23.3 Å². The molecule has 2 rings (SSSR count). The maximum absolute atomic E-state index is 12.3. The van der Waals surface area contributed by atoms with Crippen molar-refractivity contribution in [3.8, 4) is 0 Å². The summed E-state index contributed by atoms with van der Waals surface area (Å²) in [4.78, 5) is 1.05. The second-order valence-electron chi connectivity index (χ2n) is 5.33. The SMILES string of the molecule is CCCNCc1ccc(S(=O)(=O)NCC2CCCOC2)s1. The predicted octanol–water partition coefficient (Wildman–Crippen LogP) is 1.95. The third-order valence-electron chi connectivity index (χ3n) is 3.44. The molecule has 1 aromatic rings. The van der Waals surface area contributed by atoms with Gasteiger partial charge in [-0.15, -0.1) is 11.3 Å². The van der Waals surface area contributed by atoms with Crippen LogP contribution in [0.1, 0.15) is 31.1 Å². The Bertz CT molecular complexity index is 522. The lowest BCUT2D eigenvalue weighted by Crippen LogP contribution is -2.32. The number of rotatable bonds is 8. The van der Waals surface area contributed by atoms with Gasteiger partial charge in [0.25, 0.3) is 0 Å². The molecule has 0 saturated carbocycles. The predicted molar refractivity (Wildman–Crippen MR) is 85.0 cm³/mol. The van der Waals surface area contributed by atoms with E-state index >= 15 is 0 Å².